The third-order valence-electron chi connectivity index (χ3n) is 7.48. The zero-order valence-corrected chi connectivity index (χ0v) is 23.9. The molecule has 5 heteroatoms. The van der Waals surface area contributed by atoms with E-state index in [0.29, 0.717) is 0 Å². The molecule has 0 aliphatic heterocycles. The molecule has 204 valence electrons. The number of rotatable bonds is 5. The van der Waals surface area contributed by atoms with E-state index < -0.39 is 0 Å². The van der Waals surface area contributed by atoms with Crippen molar-refractivity contribution in [1.82, 2.24) is 19.4 Å². The number of imidazole rings is 1. The van der Waals surface area contributed by atoms with Crippen molar-refractivity contribution in [2.45, 2.75) is 26.2 Å². The van der Waals surface area contributed by atoms with Crippen LogP contribution in [0.4, 0.5) is 17.1 Å². The number of hydrogen-bond acceptors (Lipinski definition) is 4. The molecule has 0 atom stereocenters. The molecular formula is C37H31N5. The molecule has 0 bridgehead atoms. The molecule has 0 unspecified atom stereocenters. The van der Waals surface area contributed by atoms with Crippen molar-refractivity contribution in [2.24, 2.45) is 0 Å². The Bertz CT molecular complexity index is 1970. The second kappa shape index (κ2) is 10.3. The zero-order chi connectivity index (χ0) is 28.7. The first kappa shape index (κ1) is 25.7. The number of aromatic nitrogens is 4. The molecule has 7 aromatic rings. The minimum absolute atomic E-state index is 0.149. The molecule has 0 aliphatic carbocycles. The van der Waals surface area contributed by atoms with Gasteiger partial charge in [-0.1, -0.05) is 81.4 Å². The summed E-state index contributed by atoms with van der Waals surface area (Å²) in [5.74, 6) is 0. The van der Waals surface area contributed by atoms with Gasteiger partial charge >= 0.3 is 0 Å². The van der Waals surface area contributed by atoms with Gasteiger partial charge in [0.1, 0.15) is 5.65 Å². The fourth-order valence-corrected chi connectivity index (χ4v) is 5.37. The average Bonchev–Trinajstić information content (AvgIpc) is 3.46. The highest BCUT2D eigenvalue weighted by Gasteiger charge is 2.23. The average molecular weight is 546 g/mol. The molecule has 0 saturated heterocycles. The predicted octanol–water partition coefficient (Wildman–Crippen LogP) is 9.38. The third kappa shape index (κ3) is 4.79. The van der Waals surface area contributed by atoms with Gasteiger partial charge in [-0.05, 0) is 60.7 Å². The number of fused-ring (bicyclic) bond motifs is 2. The highest BCUT2D eigenvalue weighted by Crippen LogP contribution is 2.38. The Morgan fingerprint density at radius 1 is 0.548 bits per heavy atom. The second-order valence-electron chi connectivity index (χ2n) is 11.5. The molecule has 4 aromatic carbocycles. The lowest BCUT2D eigenvalue weighted by Gasteiger charge is -2.26. The van der Waals surface area contributed by atoms with Crippen molar-refractivity contribution in [3.05, 3.63) is 139 Å². The van der Waals surface area contributed by atoms with Gasteiger partial charge < -0.3 is 9.30 Å². The summed E-state index contributed by atoms with van der Waals surface area (Å²) >= 11 is 0. The van der Waals surface area contributed by atoms with Crippen molar-refractivity contribution in [3.63, 3.8) is 0 Å². The lowest BCUT2D eigenvalue weighted by atomic mass is 9.88. The number of pyridine rings is 1. The summed E-state index contributed by atoms with van der Waals surface area (Å²) in [7, 11) is 0. The van der Waals surface area contributed by atoms with Crippen LogP contribution in [0.1, 0.15) is 26.5 Å². The smallest absolute Gasteiger partial charge is 0.137 e. The van der Waals surface area contributed by atoms with Gasteiger partial charge in [-0.25, -0.2) is 15.0 Å². The molecular weight excluding hydrogens is 514 g/mol. The van der Waals surface area contributed by atoms with Gasteiger partial charge in [-0.15, -0.1) is 0 Å². The zero-order valence-electron chi connectivity index (χ0n) is 23.9. The van der Waals surface area contributed by atoms with Gasteiger partial charge in [0.25, 0.3) is 0 Å². The lowest BCUT2D eigenvalue weighted by molar-refractivity contribution is 0.571. The largest absolute Gasteiger partial charge is 0.311 e. The topological polar surface area (TPSA) is 46.3 Å². The number of anilines is 3. The third-order valence-corrected chi connectivity index (χ3v) is 7.48. The summed E-state index contributed by atoms with van der Waals surface area (Å²) in [6, 6.07) is 41.8. The highest BCUT2D eigenvalue weighted by molar-refractivity contribution is 5.82. The first-order valence-electron chi connectivity index (χ1n) is 14.2. The van der Waals surface area contributed by atoms with Crippen molar-refractivity contribution >= 4 is 33.7 Å². The standard InChI is InChI=1S/C37H31N5/c1-37(2,3)36-35(39-31-13-7-8-14-32(31)40-36)27-18-22-30(23-19-27)42(28-11-5-4-6-12-28)29-20-16-26(17-21-29)33-25-41-24-10-9-15-34(41)38-33/h4-25H,1-3H3. The number of para-hydroxylation sites is 3. The normalized spacial score (nSPS) is 11.7. The summed E-state index contributed by atoms with van der Waals surface area (Å²) in [5, 5.41) is 0. The van der Waals surface area contributed by atoms with Crippen molar-refractivity contribution < 1.29 is 0 Å². The Kier molecular flexibility index (Phi) is 6.28. The van der Waals surface area contributed by atoms with Crippen LogP contribution in [0.15, 0.2) is 134 Å². The lowest BCUT2D eigenvalue weighted by Crippen LogP contribution is -2.16. The number of benzene rings is 4. The van der Waals surface area contributed by atoms with E-state index in [9.17, 15) is 0 Å². The van der Waals surface area contributed by atoms with Gasteiger partial charge in [-0.2, -0.15) is 0 Å². The van der Waals surface area contributed by atoms with Crippen LogP contribution in [-0.2, 0) is 5.41 Å². The maximum Gasteiger partial charge on any atom is 0.137 e. The minimum Gasteiger partial charge on any atom is -0.311 e. The minimum atomic E-state index is -0.149. The van der Waals surface area contributed by atoms with Gasteiger partial charge in [-0.3, -0.25) is 0 Å². The van der Waals surface area contributed by atoms with Crippen LogP contribution in [0.3, 0.4) is 0 Å². The summed E-state index contributed by atoms with van der Waals surface area (Å²) in [6.45, 7) is 6.57. The molecule has 0 fully saturated rings. The summed E-state index contributed by atoms with van der Waals surface area (Å²) in [6.07, 6.45) is 4.09. The molecule has 0 aliphatic rings. The fourth-order valence-electron chi connectivity index (χ4n) is 5.37. The van der Waals surface area contributed by atoms with E-state index in [1.54, 1.807) is 0 Å². The Hall–Kier alpha value is -5.29. The monoisotopic (exact) mass is 545 g/mol. The van der Waals surface area contributed by atoms with Crippen LogP contribution >= 0.6 is 0 Å². The molecule has 0 N–H and O–H groups in total. The summed E-state index contributed by atoms with van der Waals surface area (Å²) in [4.78, 5) is 17.2. The maximum atomic E-state index is 5.07. The van der Waals surface area contributed by atoms with Crippen LogP contribution < -0.4 is 4.90 Å². The summed E-state index contributed by atoms with van der Waals surface area (Å²) < 4.78 is 2.05. The molecule has 0 saturated carbocycles. The van der Waals surface area contributed by atoms with Crippen LogP contribution in [0.5, 0.6) is 0 Å². The molecule has 7 rings (SSSR count). The first-order valence-corrected chi connectivity index (χ1v) is 14.2. The Balaban J connectivity index is 1.28. The Morgan fingerprint density at radius 3 is 1.76 bits per heavy atom. The van der Waals surface area contributed by atoms with Gasteiger partial charge in [0.2, 0.25) is 0 Å². The predicted molar refractivity (Wildman–Crippen MR) is 173 cm³/mol. The van der Waals surface area contributed by atoms with E-state index in [-0.39, 0.29) is 5.41 Å². The van der Waals surface area contributed by atoms with Crippen molar-refractivity contribution in [2.75, 3.05) is 4.90 Å². The molecule has 3 aromatic heterocycles. The van der Waals surface area contributed by atoms with E-state index in [1.807, 2.05) is 59.1 Å². The molecule has 5 nitrogen and oxygen atoms in total. The molecule has 3 heterocycles. The Morgan fingerprint density at radius 2 is 1.12 bits per heavy atom. The van der Waals surface area contributed by atoms with E-state index in [4.69, 9.17) is 15.0 Å². The number of hydrogen-bond donors (Lipinski definition) is 0. The SMILES string of the molecule is CC(C)(C)c1nc2ccccc2nc1-c1ccc(N(c2ccccc2)c2ccc(-c3cn4ccccc4n3)cc2)cc1. The van der Waals surface area contributed by atoms with Gasteiger partial charge in [0.05, 0.1) is 28.1 Å². The summed E-state index contributed by atoms with van der Waals surface area (Å²) in [5.41, 5.74) is 10.9. The van der Waals surface area contributed by atoms with Crippen molar-refractivity contribution in [3.8, 4) is 22.5 Å². The molecule has 0 spiro atoms. The van der Waals surface area contributed by atoms with Gasteiger partial charge in [0.15, 0.2) is 0 Å². The van der Waals surface area contributed by atoms with Crippen LogP contribution in [0, 0.1) is 0 Å². The molecule has 0 radical (unpaired) electrons. The number of nitrogens with zero attached hydrogens (tertiary/aromatic N) is 5. The van der Waals surface area contributed by atoms with Crippen LogP contribution in [0.25, 0.3) is 39.2 Å². The van der Waals surface area contributed by atoms with Crippen LogP contribution in [-0.4, -0.2) is 19.4 Å². The fraction of sp³-hybridized carbons (Fsp3) is 0.108. The highest BCUT2D eigenvalue weighted by atomic mass is 15.1. The van der Waals surface area contributed by atoms with Gasteiger partial charge in [0, 0.05) is 46.0 Å². The molecule has 42 heavy (non-hydrogen) atoms. The van der Waals surface area contributed by atoms with E-state index >= 15 is 0 Å². The van der Waals surface area contributed by atoms with E-state index in [0.717, 1.165) is 62.0 Å². The maximum absolute atomic E-state index is 5.07. The van der Waals surface area contributed by atoms with E-state index in [2.05, 4.69) is 105 Å². The van der Waals surface area contributed by atoms with Crippen molar-refractivity contribution in [1.29, 1.82) is 0 Å². The quantitative estimate of drug-likeness (QED) is 0.216. The molecule has 0 amide bonds. The first-order chi connectivity index (χ1) is 20.4. The van der Waals surface area contributed by atoms with E-state index in [1.165, 1.54) is 0 Å². The second-order valence-corrected chi connectivity index (χ2v) is 11.5. The Labute approximate surface area is 245 Å². The van der Waals surface area contributed by atoms with Crippen LogP contribution in [0.2, 0.25) is 0 Å².